The molecule has 1 aromatic carbocycles. The molecule has 1 aliphatic rings. The van der Waals surface area contributed by atoms with Crippen LogP contribution < -0.4 is 0 Å². The first kappa shape index (κ1) is 13.4. The molecule has 1 fully saturated rings. The molecule has 0 atom stereocenters. The minimum absolute atomic E-state index is 0.165. The minimum Gasteiger partial charge on any atom is -0.301 e. The smallest absolute Gasteiger partial charge is 0.167 e. The number of hydrogen-bond donors (Lipinski definition) is 0. The van der Waals surface area contributed by atoms with Gasteiger partial charge in [0.25, 0.3) is 0 Å². The van der Waals surface area contributed by atoms with Crippen LogP contribution in [0, 0.1) is 5.82 Å². The maximum atomic E-state index is 13.4. The molecule has 1 heterocycles. The van der Waals surface area contributed by atoms with E-state index in [1.54, 1.807) is 12.1 Å². The second kappa shape index (κ2) is 6.20. The molecule has 0 amide bonds. The van der Waals surface area contributed by atoms with Gasteiger partial charge in [-0.2, -0.15) is 0 Å². The van der Waals surface area contributed by atoms with Gasteiger partial charge in [0.15, 0.2) is 5.78 Å². The van der Waals surface area contributed by atoms with Crippen molar-refractivity contribution in [2.75, 3.05) is 31.1 Å². The van der Waals surface area contributed by atoms with Crippen molar-refractivity contribution < 1.29 is 13.4 Å². The Balaban J connectivity index is 1.85. The number of rotatable bonds is 4. The summed E-state index contributed by atoms with van der Waals surface area (Å²) in [5, 5.41) is 0. The fraction of sp³-hybridized carbons (Fsp3) is 0.462. The van der Waals surface area contributed by atoms with Gasteiger partial charge in [0.1, 0.15) is 5.82 Å². The lowest BCUT2D eigenvalue weighted by molar-refractivity contribution is 0.0962. The molecule has 1 aliphatic heterocycles. The van der Waals surface area contributed by atoms with Crippen molar-refractivity contribution in [2.24, 2.45) is 0 Å². The SMILES string of the molecule is O=C(CCN1CCS(=O)CC1)c1ccccc1F. The summed E-state index contributed by atoms with van der Waals surface area (Å²) in [6.45, 7) is 2.14. The zero-order valence-electron chi connectivity index (χ0n) is 10.1. The van der Waals surface area contributed by atoms with Gasteiger partial charge in [-0.05, 0) is 12.1 Å². The number of carbonyl (C=O) groups is 1. The van der Waals surface area contributed by atoms with E-state index in [9.17, 15) is 13.4 Å². The van der Waals surface area contributed by atoms with Crippen LogP contribution >= 0.6 is 0 Å². The Labute approximate surface area is 108 Å². The molecule has 0 radical (unpaired) electrons. The normalized spacial score (nSPS) is 17.8. The molecule has 1 saturated heterocycles. The number of nitrogens with zero attached hydrogens (tertiary/aromatic N) is 1. The third-order valence-corrected chi connectivity index (χ3v) is 4.38. The van der Waals surface area contributed by atoms with Crippen LogP contribution in [0.5, 0.6) is 0 Å². The van der Waals surface area contributed by atoms with Gasteiger partial charge in [-0.3, -0.25) is 9.00 Å². The highest BCUT2D eigenvalue weighted by Gasteiger charge is 2.17. The van der Waals surface area contributed by atoms with Crippen molar-refractivity contribution in [2.45, 2.75) is 6.42 Å². The number of carbonyl (C=O) groups excluding carboxylic acids is 1. The number of benzene rings is 1. The first-order valence-corrected chi connectivity index (χ1v) is 7.50. The van der Waals surface area contributed by atoms with Crippen LogP contribution in [0.15, 0.2) is 24.3 Å². The van der Waals surface area contributed by atoms with Crippen LogP contribution in [0.25, 0.3) is 0 Å². The summed E-state index contributed by atoms with van der Waals surface area (Å²) in [5.74, 6) is 0.726. The highest BCUT2D eigenvalue weighted by molar-refractivity contribution is 7.85. The van der Waals surface area contributed by atoms with Crippen LogP contribution in [-0.2, 0) is 10.8 Å². The van der Waals surface area contributed by atoms with E-state index in [1.165, 1.54) is 12.1 Å². The fourth-order valence-electron chi connectivity index (χ4n) is 1.98. The molecule has 0 aromatic heterocycles. The number of Topliss-reactive ketones (excluding diaryl/α,β-unsaturated/α-hetero) is 1. The number of ketones is 1. The van der Waals surface area contributed by atoms with Crippen molar-refractivity contribution in [3.63, 3.8) is 0 Å². The maximum absolute atomic E-state index is 13.4. The van der Waals surface area contributed by atoms with Gasteiger partial charge in [0, 0.05) is 48.4 Å². The Morgan fingerprint density at radius 3 is 2.61 bits per heavy atom. The van der Waals surface area contributed by atoms with E-state index in [0.717, 1.165) is 13.1 Å². The third kappa shape index (κ3) is 3.46. The molecule has 98 valence electrons. The molecule has 0 bridgehead atoms. The molecule has 3 nitrogen and oxygen atoms in total. The van der Waals surface area contributed by atoms with Crippen LogP contribution in [0.1, 0.15) is 16.8 Å². The maximum Gasteiger partial charge on any atom is 0.167 e. The molecule has 2 rings (SSSR count). The van der Waals surface area contributed by atoms with Crippen molar-refractivity contribution in [1.82, 2.24) is 4.90 Å². The summed E-state index contributed by atoms with van der Waals surface area (Å²) in [4.78, 5) is 14.0. The molecule has 1 aromatic rings. The predicted molar refractivity (Wildman–Crippen MR) is 69.7 cm³/mol. The van der Waals surface area contributed by atoms with E-state index < -0.39 is 16.6 Å². The van der Waals surface area contributed by atoms with Gasteiger partial charge in [0.05, 0.1) is 5.56 Å². The van der Waals surface area contributed by atoms with E-state index in [0.29, 0.717) is 24.5 Å². The second-order valence-electron chi connectivity index (χ2n) is 4.34. The zero-order valence-corrected chi connectivity index (χ0v) is 10.9. The Kier molecular flexibility index (Phi) is 4.60. The molecule has 0 N–H and O–H groups in total. The van der Waals surface area contributed by atoms with E-state index >= 15 is 0 Å². The summed E-state index contributed by atoms with van der Waals surface area (Å²) in [5.41, 5.74) is 0.165. The quantitative estimate of drug-likeness (QED) is 0.777. The van der Waals surface area contributed by atoms with E-state index in [-0.39, 0.29) is 11.3 Å². The Bertz CT molecular complexity index is 454. The topological polar surface area (TPSA) is 37.4 Å². The highest BCUT2D eigenvalue weighted by Crippen LogP contribution is 2.10. The van der Waals surface area contributed by atoms with Crippen molar-refractivity contribution in [3.05, 3.63) is 35.6 Å². The number of halogens is 1. The summed E-state index contributed by atoms with van der Waals surface area (Å²) in [7, 11) is -0.701. The first-order chi connectivity index (χ1) is 8.66. The summed E-state index contributed by atoms with van der Waals surface area (Å²) >= 11 is 0. The minimum atomic E-state index is -0.701. The van der Waals surface area contributed by atoms with Crippen LogP contribution in [0.4, 0.5) is 4.39 Å². The molecule has 0 unspecified atom stereocenters. The fourth-order valence-corrected chi connectivity index (χ4v) is 3.11. The van der Waals surface area contributed by atoms with Crippen LogP contribution in [0.2, 0.25) is 0 Å². The Morgan fingerprint density at radius 1 is 1.28 bits per heavy atom. The molecule has 18 heavy (non-hydrogen) atoms. The van der Waals surface area contributed by atoms with Crippen LogP contribution in [0.3, 0.4) is 0 Å². The molecule has 0 spiro atoms. The first-order valence-electron chi connectivity index (χ1n) is 6.02. The summed E-state index contributed by atoms with van der Waals surface area (Å²) in [6, 6.07) is 6.06. The summed E-state index contributed by atoms with van der Waals surface area (Å²) < 4.78 is 24.6. The van der Waals surface area contributed by atoms with E-state index in [1.807, 2.05) is 0 Å². The van der Waals surface area contributed by atoms with Gasteiger partial charge in [-0.1, -0.05) is 12.1 Å². The largest absolute Gasteiger partial charge is 0.301 e. The lowest BCUT2D eigenvalue weighted by Gasteiger charge is -2.25. The lowest BCUT2D eigenvalue weighted by Crippen LogP contribution is -2.38. The summed E-state index contributed by atoms with van der Waals surface area (Å²) in [6.07, 6.45) is 0.313. The lowest BCUT2D eigenvalue weighted by atomic mass is 10.1. The molecule has 5 heteroatoms. The van der Waals surface area contributed by atoms with Crippen molar-refractivity contribution >= 4 is 16.6 Å². The van der Waals surface area contributed by atoms with Gasteiger partial charge < -0.3 is 4.90 Å². The van der Waals surface area contributed by atoms with Gasteiger partial charge in [-0.15, -0.1) is 0 Å². The number of hydrogen-bond acceptors (Lipinski definition) is 3. The Hall–Kier alpha value is -1.07. The van der Waals surface area contributed by atoms with E-state index in [4.69, 9.17) is 0 Å². The highest BCUT2D eigenvalue weighted by atomic mass is 32.2. The molecular formula is C13H16FNO2S. The Morgan fingerprint density at radius 2 is 1.94 bits per heavy atom. The van der Waals surface area contributed by atoms with Gasteiger partial charge in [0.2, 0.25) is 0 Å². The average molecular weight is 269 g/mol. The van der Waals surface area contributed by atoms with E-state index in [2.05, 4.69) is 4.90 Å². The van der Waals surface area contributed by atoms with Gasteiger partial charge in [-0.25, -0.2) is 4.39 Å². The van der Waals surface area contributed by atoms with Crippen LogP contribution in [-0.4, -0.2) is 46.0 Å². The monoisotopic (exact) mass is 269 g/mol. The predicted octanol–water partition coefficient (Wildman–Crippen LogP) is 1.46. The standard InChI is InChI=1S/C13H16FNO2S/c14-12-4-2-1-3-11(12)13(16)5-6-15-7-9-18(17)10-8-15/h1-4H,5-10H2. The second-order valence-corrected chi connectivity index (χ2v) is 6.04. The average Bonchev–Trinajstić information content (AvgIpc) is 2.38. The van der Waals surface area contributed by atoms with Crippen molar-refractivity contribution in [1.29, 1.82) is 0 Å². The van der Waals surface area contributed by atoms with Crippen molar-refractivity contribution in [3.8, 4) is 0 Å². The van der Waals surface area contributed by atoms with Gasteiger partial charge >= 0.3 is 0 Å². The molecular weight excluding hydrogens is 253 g/mol. The third-order valence-electron chi connectivity index (χ3n) is 3.10. The molecule has 0 saturated carbocycles. The molecule has 0 aliphatic carbocycles. The zero-order chi connectivity index (χ0) is 13.0.